The maximum Gasteiger partial charge on any atom is 0.220 e. The molecule has 0 bridgehead atoms. The van der Waals surface area contributed by atoms with E-state index in [0.717, 1.165) is 42.9 Å². The van der Waals surface area contributed by atoms with Crippen LogP contribution in [0, 0.1) is 5.92 Å². The van der Waals surface area contributed by atoms with Crippen molar-refractivity contribution in [2.45, 2.75) is 38.5 Å². The molecule has 27 heavy (non-hydrogen) atoms. The number of rotatable bonds is 5. The standard InChI is InChI=1S/C20H31BrN4O.HI/c1-20(2,16-6-5-7-17(21)13-16)14-24-19(23-4)25-10-8-15(9-11-25)12-18(26)22-3;/h5-7,13,15H,8-12,14H2,1-4H3,(H,22,26)(H,23,24);1H. The van der Waals surface area contributed by atoms with Gasteiger partial charge in [-0.1, -0.05) is 41.9 Å². The van der Waals surface area contributed by atoms with Crippen LogP contribution in [0.5, 0.6) is 0 Å². The largest absolute Gasteiger partial charge is 0.359 e. The van der Waals surface area contributed by atoms with Crippen molar-refractivity contribution in [3.05, 3.63) is 34.3 Å². The van der Waals surface area contributed by atoms with Crippen LogP contribution in [0.1, 0.15) is 38.7 Å². The number of piperidine rings is 1. The first-order chi connectivity index (χ1) is 12.4. The summed E-state index contributed by atoms with van der Waals surface area (Å²) in [6.45, 7) is 7.18. The molecule has 0 radical (unpaired) electrons. The SMILES string of the molecule is CN=C(NCC(C)(C)c1cccc(Br)c1)N1CCC(CC(=O)NC)CC1.I. The molecule has 0 aromatic heterocycles. The molecule has 0 saturated carbocycles. The highest BCUT2D eigenvalue weighted by Crippen LogP contribution is 2.25. The van der Waals surface area contributed by atoms with Crippen molar-refractivity contribution >= 4 is 51.8 Å². The Morgan fingerprint density at radius 1 is 1.33 bits per heavy atom. The maximum atomic E-state index is 11.6. The minimum absolute atomic E-state index is 0. The predicted molar refractivity (Wildman–Crippen MR) is 127 cm³/mol. The second-order valence-corrected chi connectivity index (χ2v) is 8.52. The Hall–Kier alpha value is -0.830. The first-order valence-corrected chi connectivity index (χ1v) is 10.1. The van der Waals surface area contributed by atoms with Gasteiger partial charge in [0.05, 0.1) is 0 Å². The summed E-state index contributed by atoms with van der Waals surface area (Å²) in [5, 5.41) is 6.27. The highest BCUT2D eigenvalue weighted by molar-refractivity contribution is 14.0. The van der Waals surface area contributed by atoms with Gasteiger partial charge in [-0.05, 0) is 36.5 Å². The molecule has 1 aromatic rings. The lowest BCUT2D eigenvalue weighted by molar-refractivity contribution is -0.121. The number of amides is 1. The Kier molecular flexibility index (Phi) is 10.1. The van der Waals surface area contributed by atoms with Crippen LogP contribution in [-0.4, -0.2) is 50.5 Å². The van der Waals surface area contributed by atoms with Gasteiger partial charge in [0, 0.05) is 50.0 Å². The van der Waals surface area contributed by atoms with E-state index in [1.165, 1.54) is 5.56 Å². The van der Waals surface area contributed by atoms with Crippen LogP contribution in [0.15, 0.2) is 33.7 Å². The molecule has 0 aliphatic carbocycles. The van der Waals surface area contributed by atoms with E-state index in [1.807, 2.05) is 7.05 Å². The molecule has 1 fully saturated rings. The van der Waals surface area contributed by atoms with Crippen molar-refractivity contribution in [1.29, 1.82) is 0 Å². The van der Waals surface area contributed by atoms with Crippen LogP contribution in [0.3, 0.4) is 0 Å². The van der Waals surface area contributed by atoms with Crippen LogP contribution in [0.4, 0.5) is 0 Å². The zero-order chi connectivity index (χ0) is 19.2. The van der Waals surface area contributed by atoms with Gasteiger partial charge >= 0.3 is 0 Å². The molecule has 1 amide bonds. The first kappa shape index (κ1) is 24.2. The quantitative estimate of drug-likeness (QED) is 0.333. The van der Waals surface area contributed by atoms with Gasteiger partial charge in [0.1, 0.15) is 0 Å². The highest BCUT2D eigenvalue weighted by atomic mass is 127. The minimum Gasteiger partial charge on any atom is -0.359 e. The van der Waals surface area contributed by atoms with Crippen molar-refractivity contribution in [2.75, 3.05) is 33.7 Å². The molecule has 5 nitrogen and oxygen atoms in total. The summed E-state index contributed by atoms with van der Waals surface area (Å²) in [5.74, 6) is 1.57. The molecule has 2 rings (SSSR count). The van der Waals surface area contributed by atoms with E-state index in [0.29, 0.717) is 12.3 Å². The Bertz CT molecular complexity index is 643. The molecule has 1 heterocycles. The molecule has 0 spiro atoms. The van der Waals surface area contributed by atoms with Gasteiger partial charge in [0.15, 0.2) is 5.96 Å². The Morgan fingerprint density at radius 3 is 2.56 bits per heavy atom. The molecule has 7 heteroatoms. The van der Waals surface area contributed by atoms with Crippen molar-refractivity contribution in [3.8, 4) is 0 Å². The number of carbonyl (C=O) groups excluding carboxylic acids is 1. The van der Waals surface area contributed by atoms with Crippen LogP contribution >= 0.6 is 39.9 Å². The zero-order valence-corrected chi connectivity index (χ0v) is 20.6. The maximum absolute atomic E-state index is 11.6. The molecule has 2 N–H and O–H groups in total. The first-order valence-electron chi connectivity index (χ1n) is 9.28. The predicted octanol–water partition coefficient (Wildman–Crippen LogP) is 3.77. The van der Waals surface area contributed by atoms with E-state index >= 15 is 0 Å². The fraction of sp³-hybridized carbons (Fsp3) is 0.600. The molecule has 1 aliphatic heterocycles. The van der Waals surface area contributed by atoms with E-state index in [1.54, 1.807) is 7.05 Å². The average molecular weight is 551 g/mol. The third-order valence-electron chi connectivity index (χ3n) is 5.17. The number of guanidine groups is 1. The number of nitrogens with one attached hydrogen (secondary N) is 2. The Morgan fingerprint density at radius 2 is 2.00 bits per heavy atom. The number of nitrogens with zero attached hydrogens (tertiary/aromatic N) is 2. The van der Waals surface area contributed by atoms with E-state index in [-0.39, 0.29) is 35.3 Å². The van der Waals surface area contributed by atoms with Crippen LogP contribution in [0.2, 0.25) is 0 Å². The van der Waals surface area contributed by atoms with Crippen molar-refractivity contribution in [1.82, 2.24) is 15.5 Å². The second kappa shape index (κ2) is 11.2. The molecular formula is C20H32BrIN4O. The third kappa shape index (κ3) is 7.25. The number of hydrogen-bond acceptors (Lipinski definition) is 2. The van der Waals surface area contributed by atoms with Gasteiger partial charge in [-0.2, -0.15) is 0 Å². The average Bonchev–Trinajstić information content (AvgIpc) is 2.63. The molecule has 152 valence electrons. The second-order valence-electron chi connectivity index (χ2n) is 7.60. The topological polar surface area (TPSA) is 56.7 Å². The van der Waals surface area contributed by atoms with Crippen molar-refractivity contribution in [3.63, 3.8) is 0 Å². The summed E-state index contributed by atoms with van der Waals surface area (Å²) >= 11 is 3.56. The lowest BCUT2D eigenvalue weighted by atomic mass is 9.84. The van der Waals surface area contributed by atoms with Crippen molar-refractivity contribution < 1.29 is 4.79 Å². The number of halogens is 2. The fourth-order valence-corrected chi connectivity index (χ4v) is 3.76. The molecule has 0 atom stereocenters. The third-order valence-corrected chi connectivity index (χ3v) is 5.67. The summed E-state index contributed by atoms with van der Waals surface area (Å²) in [6.07, 6.45) is 2.69. The van der Waals surface area contributed by atoms with Gasteiger partial charge in [-0.25, -0.2) is 0 Å². The highest BCUT2D eigenvalue weighted by Gasteiger charge is 2.25. The fourth-order valence-electron chi connectivity index (χ4n) is 3.36. The van der Waals surface area contributed by atoms with Gasteiger partial charge in [0.2, 0.25) is 5.91 Å². The summed E-state index contributed by atoms with van der Waals surface area (Å²) in [6, 6.07) is 8.47. The van der Waals surface area contributed by atoms with Crippen LogP contribution in [-0.2, 0) is 10.2 Å². The summed E-state index contributed by atoms with van der Waals surface area (Å²) < 4.78 is 1.10. The summed E-state index contributed by atoms with van der Waals surface area (Å²) in [4.78, 5) is 18.3. The Labute approximate surface area is 188 Å². The molecular weight excluding hydrogens is 519 g/mol. The molecule has 1 aromatic carbocycles. The Balaban J connectivity index is 0.00000364. The van der Waals surface area contributed by atoms with E-state index in [9.17, 15) is 4.79 Å². The summed E-state index contributed by atoms with van der Waals surface area (Å²) in [5.41, 5.74) is 1.29. The number of benzene rings is 1. The summed E-state index contributed by atoms with van der Waals surface area (Å²) in [7, 11) is 3.54. The number of carbonyl (C=O) groups is 1. The monoisotopic (exact) mass is 550 g/mol. The molecule has 0 unspecified atom stereocenters. The van der Waals surface area contributed by atoms with E-state index in [4.69, 9.17) is 0 Å². The lowest BCUT2D eigenvalue weighted by Crippen LogP contribution is -2.48. The number of hydrogen-bond donors (Lipinski definition) is 2. The normalized spacial score (nSPS) is 15.9. The van der Waals surface area contributed by atoms with Crippen molar-refractivity contribution in [2.24, 2.45) is 10.9 Å². The van der Waals surface area contributed by atoms with Gasteiger partial charge in [0.25, 0.3) is 0 Å². The molecule has 1 saturated heterocycles. The van der Waals surface area contributed by atoms with Crippen LogP contribution < -0.4 is 10.6 Å². The smallest absolute Gasteiger partial charge is 0.220 e. The lowest BCUT2D eigenvalue weighted by Gasteiger charge is -2.35. The molecule has 1 aliphatic rings. The van der Waals surface area contributed by atoms with E-state index < -0.39 is 0 Å². The van der Waals surface area contributed by atoms with E-state index in [2.05, 4.69) is 74.6 Å². The minimum atomic E-state index is -0.00272. The van der Waals surface area contributed by atoms with Gasteiger partial charge in [-0.3, -0.25) is 9.79 Å². The zero-order valence-electron chi connectivity index (χ0n) is 16.7. The number of aliphatic imine (C=N–C) groups is 1. The van der Waals surface area contributed by atoms with Gasteiger partial charge < -0.3 is 15.5 Å². The van der Waals surface area contributed by atoms with Gasteiger partial charge in [-0.15, -0.1) is 24.0 Å². The van der Waals surface area contributed by atoms with Crippen LogP contribution in [0.25, 0.3) is 0 Å². The number of likely N-dealkylation sites (tertiary alicyclic amines) is 1.